The first-order chi connectivity index (χ1) is 8.81. The molecule has 1 saturated heterocycles. The maximum Gasteiger partial charge on any atom is 0.332 e. The van der Waals surface area contributed by atoms with Gasteiger partial charge in [-0.3, -0.25) is 9.78 Å². The first-order valence-electron chi connectivity index (χ1n) is 5.17. The number of aliphatic hydroxyl groups excluding tert-OH is 3. The van der Waals surface area contributed by atoms with Crippen molar-refractivity contribution in [3.05, 3.63) is 31.5 Å². The minimum atomic E-state index is -3.09. The molecule has 0 saturated carbocycles. The largest absolute Gasteiger partial charge is 0.394 e. The van der Waals surface area contributed by atoms with Crippen LogP contribution >= 0.6 is 15.9 Å². The highest BCUT2D eigenvalue weighted by molar-refractivity contribution is 9.10. The van der Waals surface area contributed by atoms with Gasteiger partial charge in [-0.2, -0.15) is 4.39 Å². The Morgan fingerprint density at radius 3 is 2.68 bits per heavy atom. The number of aliphatic hydroxyl groups is 3. The van der Waals surface area contributed by atoms with E-state index in [9.17, 15) is 24.2 Å². The number of H-pyrrole nitrogens is 1. The topological polar surface area (TPSA) is 125 Å². The maximum atomic E-state index is 14.6. The quantitative estimate of drug-likeness (QED) is 0.493. The van der Waals surface area contributed by atoms with E-state index in [-0.39, 0.29) is 4.47 Å². The average Bonchev–Trinajstić information content (AvgIpc) is 2.59. The van der Waals surface area contributed by atoms with E-state index in [1.165, 1.54) is 0 Å². The molecule has 2 rings (SSSR count). The third-order valence-electron chi connectivity index (χ3n) is 2.79. The number of alkyl halides is 1. The lowest BCUT2D eigenvalue weighted by Gasteiger charge is -2.24. The smallest absolute Gasteiger partial charge is 0.332 e. The molecule has 4 N–H and O–H groups in total. The van der Waals surface area contributed by atoms with Crippen LogP contribution in [0.4, 0.5) is 4.39 Å². The molecule has 0 bridgehead atoms. The molecule has 19 heavy (non-hydrogen) atoms. The Morgan fingerprint density at radius 2 is 2.16 bits per heavy atom. The molecule has 1 aromatic heterocycles. The first-order valence-corrected chi connectivity index (χ1v) is 5.96. The van der Waals surface area contributed by atoms with E-state index in [0.717, 1.165) is 6.20 Å². The molecule has 1 aromatic rings. The SMILES string of the molecule is O=c1[nH]c(=O)n([C@]2(F)O[C@H](CO)[C@@H](O)[C@H]2O)cc1Br. The Kier molecular flexibility index (Phi) is 3.62. The van der Waals surface area contributed by atoms with Crippen LogP contribution in [0, 0.1) is 0 Å². The Morgan fingerprint density at radius 1 is 1.53 bits per heavy atom. The van der Waals surface area contributed by atoms with Crippen LogP contribution in [-0.4, -0.2) is 49.8 Å². The van der Waals surface area contributed by atoms with Crippen LogP contribution in [-0.2, 0) is 10.7 Å². The van der Waals surface area contributed by atoms with Gasteiger partial charge in [0.15, 0.2) is 6.10 Å². The van der Waals surface area contributed by atoms with Gasteiger partial charge in [-0.05, 0) is 15.9 Å². The second-order valence-corrected chi connectivity index (χ2v) is 4.84. The molecule has 0 radical (unpaired) electrons. The molecule has 0 amide bonds. The molecular formula is C9H10BrFN2O6. The van der Waals surface area contributed by atoms with Crippen LogP contribution < -0.4 is 11.2 Å². The number of hydrogen-bond donors (Lipinski definition) is 4. The van der Waals surface area contributed by atoms with Gasteiger partial charge in [0, 0.05) is 6.20 Å². The van der Waals surface area contributed by atoms with Gasteiger partial charge < -0.3 is 20.1 Å². The van der Waals surface area contributed by atoms with Gasteiger partial charge >= 0.3 is 11.7 Å². The van der Waals surface area contributed by atoms with Crippen LogP contribution in [0.5, 0.6) is 0 Å². The van der Waals surface area contributed by atoms with Crippen LogP contribution in [0.25, 0.3) is 0 Å². The Hall–Kier alpha value is -1.07. The Bertz CT molecular complexity index is 603. The van der Waals surface area contributed by atoms with Crippen molar-refractivity contribution >= 4 is 15.9 Å². The van der Waals surface area contributed by atoms with Gasteiger partial charge in [-0.1, -0.05) is 0 Å². The number of nitrogens with zero attached hydrogens (tertiary/aromatic N) is 1. The average molecular weight is 341 g/mol. The van der Waals surface area contributed by atoms with Gasteiger partial charge in [-0.25, -0.2) is 9.36 Å². The monoisotopic (exact) mass is 340 g/mol. The molecular weight excluding hydrogens is 331 g/mol. The predicted molar refractivity (Wildman–Crippen MR) is 62.1 cm³/mol. The minimum Gasteiger partial charge on any atom is -0.394 e. The van der Waals surface area contributed by atoms with E-state index in [2.05, 4.69) is 20.7 Å². The zero-order valence-electron chi connectivity index (χ0n) is 9.29. The highest BCUT2D eigenvalue weighted by Crippen LogP contribution is 2.36. The van der Waals surface area contributed by atoms with Crippen molar-refractivity contribution < 1.29 is 24.4 Å². The summed E-state index contributed by atoms with van der Waals surface area (Å²) >= 11 is 2.80. The molecule has 0 aliphatic carbocycles. The van der Waals surface area contributed by atoms with E-state index in [1.807, 2.05) is 4.98 Å². The number of ether oxygens (including phenoxy) is 1. The lowest BCUT2D eigenvalue weighted by molar-refractivity contribution is -0.239. The first kappa shape index (κ1) is 14.3. The standard InChI is InChI=1S/C9H10BrFN2O6/c10-3-1-13(8(18)12-7(3)17)9(11)6(16)5(15)4(2-14)19-9/h1,4-6,14-16H,2H2,(H,12,17,18)/t4-,5-,6-,9+/m1/s1. The maximum absolute atomic E-state index is 14.6. The number of aromatic nitrogens is 2. The van der Waals surface area contributed by atoms with E-state index in [4.69, 9.17) is 5.11 Å². The summed E-state index contributed by atoms with van der Waals surface area (Å²) < 4.78 is 19.4. The molecule has 2 heterocycles. The van der Waals surface area contributed by atoms with Gasteiger partial charge in [0.05, 0.1) is 11.1 Å². The fraction of sp³-hybridized carbons (Fsp3) is 0.556. The van der Waals surface area contributed by atoms with E-state index >= 15 is 0 Å². The molecule has 1 aliphatic rings. The highest BCUT2D eigenvalue weighted by Gasteiger charge is 2.57. The minimum absolute atomic E-state index is 0.165. The number of nitrogens with one attached hydrogen (secondary N) is 1. The number of rotatable bonds is 2. The van der Waals surface area contributed by atoms with Gasteiger partial charge in [-0.15, -0.1) is 0 Å². The molecule has 1 fully saturated rings. The van der Waals surface area contributed by atoms with Gasteiger partial charge in [0.2, 0.25) is 0 Å². The fourth-order valence-corrected chi connectivity index (χ4v) is 2.09. The third kappa shape index (κ3) is 2.15. The van der Waals surface area contributed by atoms with Crippen molar-refractivity contribution in [1.29, 1.82) is 0 Å². The summed E-state index contributed by atoms with van der Waals surface area (Å²) in [4.78, 5) is 24.5. The van der Waals surface area contributed by atoms with Crippen molar-refractivity contribution in [3.63, 3.8) is 0 Å². The summed E-state index contributed by atoms with van der Waals surface area (Å²) in [6.45, 7) is -0.747. The van der Waals surface area contributed by atoms with Crippen LogP contribution in [0.2, 0.25) is 0 Å². The predicted octanol–water partition coefficient (Wildman–Crippen LogP) is -2.01. The Balaban J connectivity index is 2.55. The summed E-state index contributed by atoms with van der Waals surface area (Å²) in [5, 5.41) is 28.0. The summed E-state index contributed by atoms with van der Waals surface area (Å²) in [6.07, 6.45) is -4.41. The zero-order valence-corrected chi connectivity index (χ0v) is 10.9. The second-order valence-electron chi connectivity index (χ2n) is 3.99. The summed E-state index contributed by atoms with van der Waals surface area (Å²) in [5.74, 6) is -3.09. The van der Waals surface area contributed by atoms with E-state index < -0.39 is 42.1 Å². The number of halogens is 2. The van der Waals surface area contributed by atoms with Crippen molar-refractivity contribution in [2.75, 3.05) is 6.61 Å². The van der Waals surface area contributed by atoms with Crippen LogP contribution in [0.3, 0.4) is 0 Å². The third-order valence-corrected chi connectivity index (χ3v) is 3.36. The molecule has 106 valence electrons. The van der Waals surface area contributed by atoms with Crippen molar-refractivity contribution in [3.8, 4) is 0 Å². The van der Waals surface area contributed by atoms with E-state index in [1.54, 1.807) is 0 Å². The summed E-state index contributed by atoms with van der Waals surface area (Å²) in [6, 6.07) is 0. The molecule has 0 unspecified atom stereocenters. The van der Waals surface area contributed by atoms with E-state index in [0.29, 0.717) is 4.57 Å². The van der Waals surface area contributed by atoms with Gasteiger partial charge in [0.25, 0.3) is 5.56 Å². The normalized spacial score (nSPS) is 34.7. The van der Waals surface area contributed by atoms with Crippen LogP contribution in [0.1, 0.15) is 0 Å². The van der Waals surface area contributed by atoms with Crippen molar-refractivity contribution in [2.24, 2.45) is 0 Å². The van der Waals surface area contributed by atoms with Crippen molar-refractivity contribution in [2.45, 2.75) is 24.3 Å². The molecule has 0 aromatic carbocycles. The van der Waals surface area contributed by atoms with Crippen molar-refractivity contribution in [1.82, 2.24) is 9.55 Å². The molecule has 10 heteroatoms. The fourth-order valence-electron chi connectivity index (χ4n) is 1.78. The molecule has 4 atom stereocenters. The highest BCUT2D eigenvalue weighted by atomic mass is 79.9. The number of hydrogen-bond acceptors (Lipinski definition) is 6. The molecule has 0 spiro atoms. The summed E-state index contributed by atoms with van der Waals surface area (Å²) in [5.41, 5.74) is -1.95. The lowest BCUT2D eigenvalue weighted by Crippen LogP contribution is -2.48. The summed E-state index contributed by atoms with van der Waals surface area (Å²) in [7, 11) is 0. The Labute approximate surface area is 113 Å². The van der Waals surface area contributed by atoms with Crippen LogP contribution in [0.15, 0.2) is 20.3 Å². The molecule has 1 aliphatic heterocycles. The van der Waals surface area contributed by atoms with Gasteiger partial charge in [0.1, 0.15) is 12.2 Å². The lowest BCUT2D eigenvalue weighted by atomic mass is 10.1. The number of aromatic amines is 1. The molecule has 8 nitrogen and oxygen atoms in total. The zero-order chi connectivity index (χ0) is 14.4. The second kappa shape index (κ2) is 4.80.